The lowest BCUT2D eigenvalue weighted by atomic mass is 10.0. The highest BCUT2D eigenvalue weighted by Gasteiger charge is 2.32. The van der Waals surface area contributed by atoms with Gasteiger partial charge in [0.05, 0.1) is 0 Å². The van der Waals surface area contributed by atoms with E-state index in [0.29, 0.717) is 6.04 Å². The van der Waals surface area contributed by atoms with Crippen molar-refractivity contribution in [3.8, 4) is 0 Å². The van der Waals surface area contributed by atoms with Gasteiger partial charge in [-0.25, -0.2) is 5.84 Å². The number of rotatable bonds is 3. The minimum absolute atomic E-state index is 0.146. The first-order valence-corrected chi connectivity index (χ1v) is 7.13. The van der Waals surface area contributed by atoms with Crippen LogP contribution in [0.2, 0.25) is 0 Å². The van der Waals surface area contributed by atoms with Crippen molar-refractivity contribution < 1.29 is 4.79 Å². The number of nitrogens with zero attached hydrogens (tertiary/aromatic N) is 2. The Bertz CT molecular complexity index is 437. The van der Waals surface area contributed by atoms with Crippen molar-refractivity contribution >= 4 is 5.91 Å². The van der Waals surface area contributed by atoms with Crippen molar-refractivity contribution in [3.05, 3.63) is 35.9 Å². The van der Waals surface area contributed by atoms with Gasteiger partial charge < -0.3 is 4.90 Å². The molecule has 20 heavy (non-hydrogen) atoms. The molecular formula is C15H24N4O. The molecule has 0 radical (unpaired) electrons. The summed E-state index contributed by atoms with van der Waals surface area (Å²) in [5.41, 5.74) is 3.31. The average Bonchev–Trinajstić information content (AvgIpc) is 2.61. The number of nitrogens with two attached hydrogens (primary N) is 1. The average molecular weight is 276 g/mol. The van der Waals surface area contributed by atoms with Gasteiger partial charge in [0, 0.05) is 19.1 Å². The summed E-state index contributed by atoms with van der Waals surface area (Å²) >= 11 is 0. The lowest BCUT2D eigenvalue weighted by Gasteiger charge is -2.34. The lowest BCUT2D eigenvalue weighted by molar-refractivity contribution is -0.127. The zero-order chi connectivity index (χ0) is 14.5. The van der Waals surface area contributed by atoms with Crippen LogP contribution in [0, 0.1) is 0 Å². The first-order chi connectivity index (χ1) is 9.63. The molecule has 1 aliphatic rings. The molecule has 110 valence electrons. The summed E-state index contributed by atoms with van der Waals surface area (Å²) in [5, 5.41) is 0. The van der Waals surface area contributed by atoms with Crippen LogP contribution in [0.4, 0.5) is 0 Å². The topological polar surface area (TPSA) is 61.6 Å². The van der Waals surface area contributed by atoms with Crippen LogP contribution in [0.25, 0.3) is 0 Å². The molecule has 1 amide bonds. The molecule has 2 rings (SSSR count). The molecule has 0 aromatic heterocycles. The molecule has 1 heterocycles. The summed E-state index contributed by atoms with van der Waals surface area (Å²) in [7, 11) is 2.13. The molecule has 0 spiro atoms. The van der Waals surface area contributed by atoms with Gasteiger partial charge in [0.2, 0.25) is 0 Å². The van der Waals surface area contributed by atoms with Crippen molar-refractivity contribution in [2.75, 3.05) is 26.7 Å². The molecule has 0 aliphatic carbocycles. The summed E-state index contributed by atoms with van der Waals surface area (Å²) in [4.78, 5) is 16.8. The van der Waals surface area contributed by atoms with Gasteiger partial charge >= 0.3 is 0 Å². The third-order valence-electron chi connectivity index (χ3n) is 3.94. The third-order valence-corrected chi connectivity index (χ3v) is 3.94. The van der Waals surface area contributed by atoms with Gasteiger partial charge in [0.25, 0.3) is 5.91 Å². The van der Waals surface area contributed by atoms with Crippen LogP contribution in [0.3, 0.4) is 0 Å². The minimum atomic E-state index is -0.317. The van der Waals surface area contributed by atoms with E-state index in [1.807, 2.05) is 30.3 Å². The predicted molar refractivity (Wildman–Crippen MR) is 79.8 cm³/mol. The highest BCUT2D eigenvalue weighted by Crippen LogP contribution is 2.25. The molecule has 1 aromatic rings. The van der Waals surface area contributed by atoms with E-state index in [2.05, 4.69) is 29.2 Å². The maximum atomic E-state index is 12.3. The number of hydrazine groups is 1. The summed E-state index contributed by atoms with van der Waals surface area (Å²) in [6, 6.07) is 9.84. The molecule has 0 saturated carbocycles. The van der Waals surface area contributed by atoms with Crippen molar-refractivity contribution in [3.63, 3.8) is 0 Å². The Hall–Kier alpha value is -1.43. The number of hydrogen-bond donors (Lipinski definition) is 2. The Labute approximate surface area is 120 Å². The van der Waals surface area contributed by atoms with Crippen LogP contribution in [-0.2, 0) is 4.79 Å². The van der Waals surface area contributed by atoms with Crippen LogP contribution in [0.5, 0.6) is 0 Å². The zero-order valence-electron chi connectivity index (χ0n) is 12.2. The number of benzene rings is 1. The zero-order valence-corrected chi connectivity index (χ0v) is 12.2. The Kier molecular flexibility index (Phi) is 5.11. The van der Waals surface area contributed by atoms with E-state index >= 15 is 0 Å². The lowest BCUT2D eigenvalue weighted by Crippen LogP contribution is -2.48. The smallest absolute Gasteiger partial charge is 0.255 e. The fourth-order valence-corrected chi connectivity index (χ4v) is 2.98. The fraction of sp³-hybridized carbons (Fsp3) is 0.533. The molecule has 1 aliphatic heterocycles. The monoisotopic (exact) mass is 276 g/mol. The van der Waals surface area contributed by atoms with Gasteiger partial charge in [-0.1, -0.05) is 30.3 Å². The summed E-state index contributed by atoms with van der Waals surface area (Å²) in [6.07, 6.45) is 1.06. The van der Waals surface area contributed by atoms with Crippen molar-refractivity contribution in [1.29, 1.82) is 0 Å². The Morgan fingerprint density at radius 2 is 2.05 bits per heavy atom. The van der Waals surface area contributed by atoms with Gasteiger partial charge in [-0.15, -0.1) is 0 Å². The van der Waals surface area contributed by atoms with Crippen molar-refractivity contribution in [1.82, 2.24) is 15.2 Å². The number of carbonyl (C=O) groups excluding carboxylic acids is 1. The Balaban J connectivity index is 2.28. The largest absolute Gasteiger partial charge is 0.305 e. The molecule has 5 nitrogen and oxygen atoms in total. The normalized spacial score (nSPS) is 23.1. The summed E-state index contributed by atoms with van der Waals surface area (Å²) < 4.78 is 0. The van der Waals surface area contributed by atoms with Crippen LogP contribution < -0.4 is 11.3 Å². The standard InChI is InChI=1S/C15H24N4O/c1-12-11-18(2)9-6-10-19(12)14(15(20)17-16)13-7-4-3-5-8-13/h3-5,7-8,12,14H,6,9-11,16H2,1-2H3,(H,17,20). The highest BCUT2D eigenvalue weighted by molar-refractivity contribution is 5.82. The van der Waals surface area contributed by atoms with Crippen molar-refractivity contribution in [2.45, 2.75) is 25.4 Å². The van der Waals surface area contributed by atoms with Gasteiger partial charge in [-0.05, 0) is 32.5 Å². The van der Waals surface area contributed by atoms with Crippen LogP contribution in [-0.4, -0.2) is 48.4 Å². The molecule has 2 atom stereocenters. The maximum absolute atomic E-state index is 12.3. The van der Waals surface area contributed by atoms with E-state index in [9.17, 15) is 4.79 Å². The molecule has 5 heteroatoms. The molecule has 0 bridgehead atoms. The van der Waals surface area contributed by atoms with E-state index in [-0.39, 0.29) is 11.9 Å². The second kappa shape index (κ2) is 6.83. The van der Waals surface area contributed by atoms with E-state index in [0.717, 1.165) is 31.6 Å². The molecule has 2 unspecified atom stereocenters. The first kappa shape index (κ1) is 15.0. The molecule has 1 aromatic carbocycles. The van der Waals surface area contributed by atoms with Crippen LogP contribution >= 0.6 is 0 Å². The number of nitrogens with one attached hydrogen (secondary N) is 1. The van der Waals surface area contributed by atoms with Crippen molar-refractivity contribution in [2.24, 2.45) is 5.84 Å². The molecular weight excluding hydrogens is 252 g/mol. The number of likely N-dealkylation sites (N-methyl/N-ethyl adjacent to an activating group) is 1. The minimum Gasteiger partial charge on any atom is -0.305 e. The van der Waals surface area contributed by atoms with E-state index in [1.54, 1.807) is 0 Å². The van der Waals surface area contributed by atoms with Gasteiger partial charge in [0.15, 0.2) is 0 Å². The van der Waals surface area contributed by atoms with E-state index in [1.165, 1.54) is 0 Å². The van der Waals surface area contributed by atoms with Crippen LogP contribution in [0.15, 0.2) is 30.3 Å². The Morgan fingerprint density at radius 3 is 2.70 bits per heavy atom. The summed E-state index contributed by atoms with van der Waals surface area (Å²) in [5.74, 6) is 5.25. The quantitative estimate of drug-likeness (QED) is 0.486. The molecule has 3 N–H and O–H groups in total. The van der Waals surface area contributed by atoms with Gasteiger partial charge in [0.1, 0.15) is 6.04 Å². The second-order valence-electron chi connectivity index (χ2n) is 5.52. The first-order valence-electron chi connectivity index (χ1n) is 7.13. The Morgan fingerprint density at radius 1 is 1.35 bits per heavy atom. The highest BCUT2D eigenvalue weighted by atomic mass is 16.2. The van der Waals surface area contributed by atoms with Gasteiger partial charge in [-0.3, -0.25) is 15.1 Å². The SMILES string of the molecule is CC1CN(C)CCCN1C(C(=O)NN)c1ccccc1. The van der Waals surface area contributed by atoms with Gasteiger partial charge in [-0.2, -0.15) is 0 Å². The maximum Gasteiger partial charge on any atom is 0.255 e. The van der Waals surface area contributed by atoms with E-state index < -0.39 is 0 Å². The summed E-state index contributed by atoms with van der Waals surface area (Å²) in [6.45, 7) is 5.09. The molecule has 1 saturated heterocycles. The second-order valence-corrected chi connectivity index (χ2v) is 5.52. The van der Waals surface area contributed by atoms with Crippen LogP contribution in [0.1, 0.15) is 24.9 Å². The van der Waals surface area contributed by atoms with E-state index in [4.69, 9.17) is 5.84 Å². The predicted octanol–water partition coefficient (Wildman–Crippen LogP) is 0.744. The molecule has 1 fully saturated rings. The number of carbonyl (C=O) groups is 1. The number of hydrogen-bond acceptors (Lipinski definition) is 4. The fourth-order valence-electron chi connectivity index (χ4n) is 2.98. The third kappa shape index (κ3) is 3.36. The number of amides is 1.